The molecule has 2 aromatic heterocycles. The monoisotopic (exact) mass is 310 g/mol. The van der Waals surface area contributed by atoms with E-state index in [1.807, 2.05) is 33.0 Å². The van der Waals surface area contributed by atoms with Gasteiger partial charge in [0.1, 0.15) is 0 Å². The van der Waals surface area contributed by atoms with Gasteiger partial charge in [0.2, 0.25) is 0 Å². The molecular weight excluding hydrogens is 296 g/mol. The Morgan fingerprint density at radius 1 is 1.39 bits per heavy atom. The van der Waals surface area contributed by atoms with Crippen molar-refractivity contribution in [3.63, 3.8) is 0 Å². The molecule has 0 amide bonds. The van der Waals surface area contributed by atoms with E-state index in [4.69, 9.17) is 5.84 Å². The molecule has 18 heavy (non-hydrogen) atoms. The van der Waals surface area contributed by atoms with Crippen LogP contribution in [0.25, 0.3) is 0 Å². The first-order valence-corrected chi connectivity index (χ1v) is 6.29. The van der Waals surface area contributed by atoms with Crippen LogP contribution in [0.3, 0.4) is 0 Å². The summed E-state index contributed by atoms with van der Waals surface area (Å²) < 4.78 is 2.36. The number of nitrogens with zero attached hydrogens (tertiary/aromatic N) is 4. The van der Waals surface area contributed by atoms with Gasteiger partial charge in [-0.2, -0.15) is 0 Å². The first-order chi connectivity index (χ1) is 8.54. The van der Waals surface area contributed by atoms with Gasteiger partial charge in [-0.15, -0.1) is 5.10 Å². The average molecular weight is 311 g/mol. The Morgan fingerprint density at radius 2 is 2.11 bits per heavy atom. The summed E-state index contributed by atoms with van der Waals surface area (Å²) in [4.78, 5) is 4.45. The van der Waals surface area contributed by atoms with E-state index in [0.29, 0.717) is 4.60 Å². The van der Waals surface area contributed by atoms with Crippen molar-refractivity contribution in [1.29, 1.82) is 0 Å². The maximum absolute atomic E-state index is 5.67. The Labute approximate surface area is 114 Å². The van der Waals surface area contributed by atoms with Gasteiger partial charge in [-0.25, -0.2) is 10.1 Å². The molecular formula is C11H15BrN6. The fourth-order valence-corrected chi connectivity index (χ4v) is 2.52. The zero-order chi connectivity index (χ0) is 13.3. The van der Waals surface area contributed by atoms with Crippen molar-refractivity contribution in [1.82, 2.24) is 25.4 Å². The van der Waals surface area contributed by atoms with Crippen molar-refractivity contribution in [2.75, 3.05) is 0 Å². The van der Waals surface area contributed by atoms with E-state index >= 15 is 0 Å². The summed E-state index contributed by atoms with van der Waals surface area (Å²) in [6.07, 6.45) is 0. The van der Waals surface area contributed by atoms with Gasteiger partial charge in [0.15, 0.2) is 4.60 Å². The van der Waals surface area contributed by atoms with Gasteiger partial charge >= 0.3 is 0 Å². The third-order valence-corrected chi connectivity index (χ3v) is 3.41. The summed E-state index contributed by atoms with van der Waals surface area (Å²) in [6, 6.07) is 3.78. The molecule has 0 aliphatic carbocycles. The Kier molecular flexibility index (Phi) is 3.74. The highest BCUT2D eigenvalue weighted by atomic mass is 79.9. The molecule has 2 aromatic rings. The van der Waals surface area contributed by atoms with E-state index in [-0.39, 0.29) is 6.04 Å². The SMILES string of the molecule is Cc1ccc(C(NN)c2c(Br)nnn2C)c(C)n1. The topological polar surface area (TPSA) is 81.6 Å². The van der Waals surface area contributed by atoms with Crippen LogP contribution in [0, 0.1) is 13.8 Å². The lowest BCUT2D eigenvalue weighted by molar-refractivity contribution is 0.565. The summed E-state index contributed by atoms with van der Waals surface area (Å²) >= 11 is 3.38. The molecule has 2 heterocycles. The number of hydrazine groups is 1. The van der Waals surface area contributed by atoms with Crippen molar-refractivity contribution < 1.29 is 0 Å². The lowest BCUT2D eigenvalue weighted by atomic mass is 10.0. The molecule has 0 aromatic carbocycles. The number of halogens is 1. The zero-order valence-electron chi connectivity index (χ0n) is 10.5. The molecule has 2 rings (SSSR count). The normalized spacial score (nSPS) is 12.7. The summed E-state index contributed by atoms with van der Waals surface area (Å²) in [6.45, 7) is 3.92. The number of nitrogens with one attached hydrogen (secondary N) is 1. The van der Waals surface area contributed by atoms with E-state index in [1.54, 1.807) is 4.68 Å². The molecule has 0 saturated heterocycles. The minimum Gasteiger partial charge on any atom is -0.271 e. The minimum atomic E-state index is -0.201. The first-order valence-electron chi connectivity index (χ1n) is 5.50. The fraction of sp³-hybridized carbons (Fsp3) is 0.364. The number of aryl methyl sites for hydroxylation is 3. The molecule has 1 unspecified atom stereocenters. The zero-order valence-corrected chi connectivity index (χ0v) is 12.1. The van der Waals surface area contributed by atoms with Crippen molar-refractivity contribution in [3.8, 4) is 0 Å². The van der Waals surface area contributed by atoms with Crippen molar-refractivity contribution in [2.45, 2.75) is 19.9 Å². The molecule has 0 aliphatic rings. The quantitative estimate of drug-likeness (QED) is 0.656. The molecule has 0 radical (unpaired) electrons. The standard InChI is InChI=1S/C11H15BrN6/c1-6-4-5-8(7(2)14-6)9(15-13)10-11(12)16-17-18(10)3/h4-5,9,15H,13H2,1-3H3. The van der Waals surface area contributed by atoms with Gasteiger partial charge in [-0.05, 0) is 41.4 Å². The highest BCUT2D eigenvalue weighted by Crippen LogP contribution is 2.27. The molecule has 96 valence electrons. The van der Waals surface area contributed by atoms with E-state index in [9.17, 15) is 0 Å². The van der Waals surface area contributed by atoms with Crippen LogP contribution >= 0.6 is 15.9 Å². The first kappa shape index (κ1) is 13.1. The molecule has 1 atom stereocenters. The number of nitrogens with two attached hydrogens (primary N) is 1. The average Bonchev–Trinajstić information content (AvgIpc) is 2.64. The molecule has 0 bridgehead atoms. The maximum Gasteiger partial charge on any atom is 0.153 e. The highest BCUT2D eigenvalue weighted by molar-refractivity contribution is 9.10. The van der Waals surface area contributed by atoms with Gasteiger partial charge in [0.05, 0.1) is 11.7 Å². The summed E-state index contributed by atoms with van der Waals surface area (Å²) in [5.41, 5.74) is 6.58. The lowest BCUT2D eigenvalue weighted by Gasteiger charge is -2.18. The maximum atomic E-state index is 5.67. The number of hydrogen-bond donors (Lipinski definition) is 2. The van der Waals surface area contributed by atoms with Crippen LogP contribution in [0.15, 0.2) is 16.7 Å². The largest absolute Gasteiger partial charge is 0.271 e. The lowest BCUT2D eigenvalue weighted by Crippen LogP contribution is -2.31. The van der Waals surface area contributed by atoms with Crippen LogP contribution < -0.4 is 11.3 Å². The molecule has 0 spiro atoms. The van der Waals surface area contributed by atoms with Gasteiger partial charge in [0.25, 0.3) is 0 Å². The fourth-order valence-electron chi connectivity index (χ4n) is 1.96. The summed E-state index contributed by atoms with van der Waals surface area (Å²) in [5.74, 6) is 5.67. The van der Waals surface area contributed by atoms with Crippen molar-refractivity contribution in [3.05, 3.63) is 39.4 Å². The van der Waals surface area contributed by atoms with E-state index in [1.165, 1.54) is 0 Å². The molecule has 0 saturated carbocycles. The van der Waals surface area contributed by atoms with E-state index in [2.05, 4.69) is 36.7 Å². The van der Waals surface area contributed by atoms with Crippen molar-refractivity contribution >= 4 is 15.9 Å². The van der Waals surface area contributed by atoms with Crippen LogP contribution in [0.4, 0.5) is 0 Å². The summed E-state index contributed by atoms with van der Waals surface area (Å²) in [7, 11) is 1.83. The Hall–Kier alpha value is -1.31. The van der Waals surface area contributed by atoms with Crippen LogP contribution in [0.5, 0.6) is 0 Å². The second kappa shape index (κ2) is 5.13. The Morgan fingerprint density at radius 3 is 2.61 bits per heavy atom. The molecule has 0 fully saturated rings. The Bertz CT molecular complexity index is 545. The molecule has 6 nitrogen and oxygen atoms in total. The Balaban J connectivity index is 2.52. The number of pyridine rings is 1. The van der Waals surface area contributed by atoms with Gasteiger partial charge in [-0.1, -0.05) is 11.3 Å². The summed E-state index contributed by atoms with van der Waals surface area (Å²) in [5, 5.41) is 7.93. The third kappa shape index (κ3) is 2.29. The predicted molar refractivity (Wildman–Crippen MR) is 71.6 cm³/mol. The van der Waals surface area contributed by atoms with E-state index < -0.39 is 0 Å². The predicted octanol–water partition coefficient (Wildman–Crippen LogP) is 1.14. The van der Waals surface area contributed by atoms with Crippen LogP contribution in [-0.4, -0.2) is 20.0 Å². The molecule has 0 aliphatic heterocycles. The minimum absolute atomic E-state index is 0.201. The number of rotatable bonds is 3. The molecule has 7 heteroatoms. The molecule has 3 N–H and O–H groups in total. The van der Waals surface area contributed by atoms with Crippen LogP contribution in [-0.2, 0) is 7.05 Å². The number of hydrogen-bond acceptors (Lipinski definition) is 5. The smallest absolute Gasteiger partial charge is 0.153 e. The van der Waals surface area contributed by atoms with Crippen LogP contribution in [0.2, 0.25) is 0 Å². The second-order valence-corrected chi connectivity index (χ2v) is 4.87. The van der Waals surface area contributed by atoms with Gasteiger partial charge in [0, 0.05) is 18.4 Å². The van der Waals surface area contributed by atoms with Gasteiger partial charge < -0.3 is 0 Å². The van der Waals surface area contributed by atoms with Crippen LogP contribution in [0.1, 0.15) is 28.7 Å². The third-order valence-electron chi connectivity index (χ3n) is 2.84. The second-order valence-electron chi connectivity index (χ2n) is 4.12. The number of aromatic nitrogens is 4. The van der Waals surface area contributed by atoms with Crippen molar-refractivity contribution in [2.24, 2.45) is 12.9 Å². The van der Waals surface area contributed by atoms with Gasteiger partial charge in [-0.3, -0.25) is 10.8 Å². The van der Waals surface area contributed by atoms with E-state index in [0.717, 1.165) is 22.6 Å². The highest BCUT2D eigenvalue weighted by Gasteiger charge is 2.22.